The van der Waals surface area contributed by atoms with Gasteiger partial charge in [0.05, 0.1) is 0 Å². The maximum Gasteiger partial charge on any atom is 0.419 e. The number of hydrogen-bond acceptors (Lipinski definition) is 5. The van der Waals surface area contributed by atoms with Crippen molar-refractivity contribution in [1.82, 2.24) is 10.4 Å². The Hall–Kier alpha value is -3.42. The monoisotopic (exact) mass is 421 g/mol. The molecule has 0 atom stereocenters. The lowest BCUT2D eigenvalue weighted by Gasteiger charge is -2.18. The fraction of sp³-hybridized carbons (Fsp3) is 0.250. The van der Waals surface area contributed by atoms with E-state index in [1.807, 2.05) is 18.2 Å². The first-order chi connectivity index (χ1) is 14.9. The average Bonchev–Trinajstić information content (AvgIpc) is 2.81. The number of anilines is 1. The molecule has 162 valence electrons. The number of rotatable bonds is 7. The van der Waals surface area contributed by atoms with E-state index in [0.717, 1.165) is 30.4 Å². The first kappa shape index (κ1) is 22.3. The molecule has 0 aromatic heterocycles. The highest BCUT2D eigenvalue weighted by molar-refractivity contribution is 5.95. The van der Waals surface area contributed by atoms with Gasteiger partial charge in [-0.2, -0.15) is 0 Å². The van der Waals surface area contributed by atoms with Gasteiger partial charge in [0.1, 0.15) is 5.75 Å². The Bertz CT molecular complexity index is 1060. The Morgan fingerprint density at radius 2 is 1.58 bits per heavy atom. The van der Waals surface area contributed by atoms with Crippen molar-refractivity contribution < 1.29 is 19.5 Å². The second-order valence-corrected chi connectivity index (χ2v) is 7.22. The van der Waals surface area contributed by atoms with Crippen LogP contribution in [0.5, 0.6) is 5.75 Å². The van der Waals surface area contributed by atoms with Crippen molar-refractivity contribution in [3.63, 3.8) is 0 Å². The number of hydroxylamine groups is 1. The first-order valence-corrected chi connectivity index (χ1v) is 10.2. The van der Waals surface area contributed by atoms with Crippen LogP contribution in [0.25, 0.3) is 10.8 Å². The van der Waals surface area contributed by atoms with E-state index < -0.39 is 12.0 Å². The Labute approximate surface area is 181 Å². The Morgan fingerprint density at radius 3 is 2.23 bits per heavy atom. The highest BCUT2D eigenvalue weighted by atomic mass is 16.6. The van der Waals surface area contributed by atoms with Gasteiger partial charge in [0.25, 0.3) is 5.91 Å². The summed E-state index contributed by atoms with van der Waals surface area (Å²) in [5, 5.41) is 10.8. The van der Waals surface area contributed by atoms with Crippen LogP contribution in [-0.4, -0.2) is 42.2 Å². The fourth-order valence-electron chi connectivity index (χ4n) is 3.32. The molecule has 0 fully saturated rings. The van der Waals surface area contributed by atoms with Crippen LogP contribution in [0.15, 0.2) is 60.7 Å². The number of hydrogen-bond donors (Lipinski definition) is 2. The second-order valence-electron chi connectivity index (χ2n) is 7.22. The largest absolute Gasteiger partial charge is 0.419 e. The Morgan fingerprint density at radius 1 is 0.935 bits per heavy atom. The van der Waals surface area contributed by atoms with E-state index in [1.54, 1.807) is 30.7 Å². The topological polar surface area (TPSA) is 82.1 Å². The molecule has 2 amide bonds. The number of amides is 2. The number of nitrogens with zero attached hydrogens (tertiary/aromatic N) is 2. The molecule has 7 nitrogen and oxygen atoms in total. The van der Waals surface area contributed by atoms with Gasteiger partial charge in [0.15, 0.2) is 0 Å². The molecule has 0 unspecified atom stereocenters. The van der Waals surface area contributed by atoms with Crippen LogP contribution in [0.1, 0.15) is 29.8 Å². The average molecular weight is 421 g/mol. The van der Waals surface area contributed by atoms with Crippen molar-refractivity contribution in [1.29, 1.82) is 0 Å². The number of ether oxygens (including phenoxy) is 1. The predicted octanol–water partition coefficient (Wildman–Crippen LogP) is 4.44. The third kappa shape index (κ3) is 5.39. The van der Waals surface area contributed by atoms with Gasteiger partial charge in [-0.1, -0.05) is 32.0 Å². The molecule has 7 heteroatoms. The summed E-state index contributed by atoms with van der Waals surface area (Å²) in [5.74, 6) is -0.162. The third-order valence-corrected chi connectivity index (χ3v) is 5.27. The van der Waals surface area contributed by atoms with Gasteiger partial charge >= 0.3 is 6.09 Å². The highest BCUT2D eigenvalue weighted by Crippen LogP contribution is 2.24. The first-order valence-electron chi connectivity index (χ1n) is 10.2. The SMILES string of the molecule is CCN(CC)Cc1ccc2cc(OC(=O)N(C)c3ccc(C(=O)NO)cc3)ccc2c1. The molecule has 0 spiro atoms. The molecule has 0 aliphatic rings. The maximum atomic E-state index is 12.5. The molecule has 0 heterocycles. The lowest BCUT2D eigenvalue weighted by molar-refractivity contribution is 0.0706. The lowest BCUT2D eigenvalue weighted by Crippen LogP contribution is -2.29. The maximum absolute atomic E-state index is 12.5. The number of fused-ring (bicyclic) bond motifs is 1. The molecule has 0 radical (unpaired) electrons. The number of benzene rings is 3. The minimum Gasteiger partial charge on any atom is -0.410 e. The highest BCUT2D eigenvalue weighted by Gasteiger charge is 2.15. The van der Waals surface area contributed by atoms with Gasteiger partial charge in [-0.15, -0.1) is 0 Å². The summed E-state index contributed by atoms with van der Waals surface area (Å²) in [6, 6.07) is 18.1. The van der Waals surface area contributed by atoms with Crippen LogP contribution in [0, 0.1) is 0 Å². The summed E-state index contributed by atoms with van der Waals surface area (Å²) in [5.41, 5.74) is 3.66. The van der Waals surface area contributed by atoms with E-state index in [0.29, 0.717) is 11.4 Å². The van der Waals surface area contributed by atoms with Gasteiger partial charge in [0.2, 0.25) is 0 Å². The molecule has 0 aliphatic carbocycles. The molecule has 31 heavy (non-hydrogen) atoms. The minimum atomic E-state index is -0.617. The zero-order chi connectivity index (χ0) is 22.4. The van der Waals surface area contributed by atoms with E-state index in [2.05, 4.69) is 30.9 Å². The molecule has 0 bridgehead atoms. The number of nitrogens with one attached hydrogen (secondary N) is 1. The molecular formula is C24H27N3O4. The molecule has 3 aromatic carbocycles. The summed E-state index contributed by atoms with van der Waals surface area (Å²) >= 11 is 0. The van der Waals surface area contributed by atoms with Crippen molar-refractivity contribution in [2.75, 3.05) is 25.0 Å². The van der Waals surface area contributed by atoms with Crippen molar-refractivity contribution in [2.24, 2.45) is 0 Å². The summed E-state index contributed by atoms with van der Waals surface area (Å²) < 4.78 is 5.53. The normalized spacial score (nSPS) is 10.9. The Kier molecular flexibility index (Phi) is 7.23. The van der Waals surface area contributed by atoms with Gasteiger partial charge in [-0.05, 0) is 71.9 Å². The van der Waals surface area contributed by atoms with E-state index in [-0.39, 0.29) is 5.56 Å². The predicted molar refractivity (Wildman–Crippen MR) is 121 cm³/mol. The third-order valence-electron chi connectivity index (χ3n) is 5.27. The zero-order valence-corrected chi connectivity index (χ0v) is 18.0. The van der Waals surface area contributed by atoms with E-state index >= 15 is 0 Å². The quantitative estimate of drug-likeness (QED) is 0.435. The summed E-state index contributed by atoms with van der Waals surface area (Å²) in [6.45, 7) is 7.23. The minimum absolute atomic E-state index is 0.280. The van der Waals surface area contributed by atoms with Gasteiger partial charge in [0, 0.05) is 24.8 Å². The van der Waals surface area contributed by atoms with Crippen LogP contribution in [0.3, 0.4) is 0 Å². The second kappa shape index (κ2) is 10.1. The fourth-order valence-corrected chi connectivity index (χ4v) is 3.32. The van der Waals surface area contributed by atoms with Crippen LogP contribution in [-0.2, 0) is 6.54 Å². The zero-order valence-electron chi connectivity index (χ0n) is 18.0. The molecule has 0 saturated heterocycles. The van der Waals surface area contributed by atoms with Crippen LogP contribution >= 0.6 is 0 Å². The van der Waals surface area contributed by atoms with Crippen LogP contribution < -0.4 is 15.1 Å². The van der Waals surface area contributed by atoms with Crippen molar-refractivity contribution in [3.8, 4) is 5.75 Å². The summed E-state index contributed by atoms with van der Waals surface area (Å²) in [6.07, 6.45) is -0.545. The van der Waals surface area contributed by atoms with Gasteiger partial charge < -0.3 is 4.74 Å². The molecule has 3 rings (SSSR count). The van der Waals surface area contributed by atoms with E-state index in [9.17, 15) is 9.59 Å². The van der Waals surface area contributed by atoms with Gasteiger partial charge in [-0.3, -0.25) is 19.8 Å². The lowest BCUT2D eigenvalue weighted by atomic mass is 10.1. The smallest absolute Gasteiger partial charge is 0.410 e. The molecule has 2 N–H and O–H groups in total. The Balaban J connectivity index is 1.70. The number of carbonyl (C=O) groups is 2. The van der Waals surface area contributed by atoms with Gasteiger partial charge in [-0.25, -0.2) is 10.3 Å². The number of carbonyl (C=O) groups excluding carboxylic acids is 2. The standard InChI is InChI=1S/C24H27N3O4/c1-4-27(5-2)16-17-6-7-20-15-22(13-10-19(20)14-17)31-24(29)26(3)21-11-8-18(9-12-21)23(28)25-30/h6-15,30H,4-5,16H2,1-3H3,(H,25,28). The molecule has 0 aliphatic heterocycles. The van der Waals surface area contributed by atoms with Crippen molar-refractivity contribution in [2.45, 2.75) is 20.4 Å². The van der Waals surface area contributed by atoms with Crippen molar-refractivity contribution >= 4 is 28.5 Å². The molecule has 0 saturated carbocycles. The molecule has 3 aromatic rings. The summed E-state index contributed by atoms with van der Waals surface area (Å²) in [7, 11) is 1.59. The van der Waals surface area contributed by atoms with E-state index in [1.165, 1.54) is 22.6 Å². The van der Waals surface area contributed by atoms with Crippen LogP contribution in [0.4, 0.5) is 10.5 Å². The van der Waals surface area contributed by atoms with E-state index in [4.69, 9.17) is 9.94 Å². The van der Waals surface area contributed by atoms with Crippen molar-refractivity contribution in [3.05, 3.63) is 71.8 Å². The summed E-state index contributed by atoms with van der Waals surface area (Å²) in [4.78, 5) is 27.7. The van der Waals surface area contributed by atoms with Crippen LogP contribution in [0.2, 0.25) is 0 Å². The molecular weight excluding hydrogens is 394 g/mol.